The van der Waals surface area contributed by atoms with Crippen molar-refractivity contribution >= 4 is 11.9 Å². The molecule has 0 aromatic carbocycles. The standard InChI is InChI=1S/C12H20N2O2/c1-8(2)6-9-7-13-12(16)14(11(9)15)10-4-3-5-10/h8-10H,3-7H2,1-2H3,(H,13,16). The van der Waals surface area contributed by atoms with Crippen molar-refractivity contribution in [2.45, 2.75) is 45.6 Å². The Labute approximate surface area is 96.4 Å². The maximum atomic E-state index is 12.2. The van der Waals surface area contributed by atoms with E-state index in [1.54, 1.807) is 0 Å². The molecule has 0 bridgehead atoms. The highest BCUT2D eigenvalue weighted by Crippen LogP contribution is 2.29. The maximum absolute atomic E-state index is 12.2. The quantitative estimate of drug-likeness (QED) is 0.794. The molecule has 1 unspecified atom stereocenters. The molecule has 2 rings (SSSR count). The van der Waals surface area contributed by atoms with Crippen LogP contribution in [-0.2, 0) is 4.79 Å². The molecule has 0 aromatic rings. The second-order valence-corrected chi connectivity index (χ2v) is 5.31. The molecule has 1 N–H and O–H groups in total. The average Bonchev–Trinajstić information content (AvgIpc) is 2.13. The molecule has 4 nitrogen and oxygen atoms in total. The number of hydrogen-bond donors (Lipinski definition) is 1. The van der Waals surface area contributed by atoms with E-state index in [0.29, 0.717) is 12.5 Å². The molecule has 1 aliphatic carbocycles. The lowest BCUT2D eigenvalue weighted by molar-refractivity contribution is -0.137. The fourth-order valence-electron chi connectivity index (χ4n) is 2.42. The zero-order valence-corrected chi connectivity index (χ0v) is 10.0. The molecule has 3 amide bonds. The number of amides is 3. The zero-order chi connectivity index (χ0) is 11.7. The van der Waals surface area contributed by atoms with Crippen LogP contribution in [0.3, 0.4) is 0 Å². The number of rotatable bonds is 3. The molecule has 2 fully saturated rings. The van der Waals surface area contributed by atoms with Gasteiger partial charge < -0.3 is 5.32 Å². The van der Waals surface area contributed by atoms with Crippen LogP contribution in [0.1, 0.15) is 39.5 Å². The number of hydrogen-bond acceptors (Lipinski definition) is 2. The van der Waals surface area contributed by atoms with Crippen LogP contribution in [0, 0.1) is 11.8 Å². The van der Waals surface area contributed by atoms with Crippen molar-refractivity contribution in [1.29, 1.82) is 0 Å². The van der Waals surface area contributed by atoms with Crippen LogP contribution >= 0.6 is 0 Å². The van der Waals surface area contributed by atoms with E-state index < -0.39 is 0 Å². The summed E-state index contributed by atoms with van der Waals surface area (Å²) in [7, 11) is 0. The van der Waals surface area contributed by atoms with Gasteiger partial charge in [0.25, 0.3) is 0 Å². The van der Waals surface area contributed by atoms with E-state index in [4.69, 9.17) is 0 Å². The molecule has 90 valence electrons. The first kappa shape index (κ1) is 11.4. The largest absolute Gasteiger partial charge is 0.337 e. The Kier molecular flexibility index (Phi) is 3.17. The van der Waals surface area contributed by atoms with Gasteiger partial charge in [-0.05, 0) is 31.6 Å². The first-order valence-electron chi connectivity index (χ1n) is 6.20. The predicted molar refractivity (Wildman–Crippen MR) is 60.8 cm³/mol. The minimum Gasteiger partial charge on any atom is -0.337 e. The topological polar surface area (TPSA) is 49.4 Å². The summed E-state index contributed by atoms with van der Waals surface area (Å²) in [5.41, 5.74) is 0. The Morgan fingerprint density at radius 3 is 2.56 bits per heavy atom. The summed E-state index contributed by atoms with van der Waals surface area (Å²) < 4.78 is 0. The Hall–Kier alpha value is -1.06. The molecule has 16 heavy (non-hydrogen) atoms. The summed E-state index contributed by atoms with van der Waals surface area (Å²) in [4.78, 5) is 25.3. The van der Waals surface area contributed by atoms with Gasteiger partial charge in [0, 0.05) is 12.6 Å². The molecule has 1 aliphatic heterocycles. The van der Waals surface area contributed by atoms with Crippen molar-refractivity contribution in [2.24, 2.45) is 11.8 Å². The van der Waals surface area contributed by atoms with E-state index in [0.717, 1.165) is 25.7 Å². The van der Waals surface area contributed by atoms with Gasteiger partial charge in [-0.1, -0.05) is 13.8 Å². The van der Waals surface area contributed by atoms with Crippen molar-refractivity contribution in [3.05, 3.63) is 0 Å². The van der Waals surface area contributed by atoms with Crippen molar-refractivity contribution in [1.82, 2.24) is 10.2 Å². The first-order chi connectivity index (χ1) is 7.59. The van der Waals surface area contributed by atoms with Gasteiger partial charge in [0.1, 0.15) is 0 Å². The average molecular weight is 224 g/mol. The van der Waals surface area contributed by atoms with Gasteiger partial charge in [0.2, 0.25) is 5.91 Å². The highest BCUT2D eigenvalue weighted by molar-refractivity contribution is 5.98. The summed E-state index contributed by atoms with van der Waals surface area (Å²) in [6.45, 7) is 4.73. The van der Waals surface area contributed by atoms with Gasteiger partial charge in [0.15, 0.2) is 0 Å². The minimum atomic E-state index is -0.185. The number of imide groups is 1. The molecule has 1 saturated heterocycles. The lowest BCUT2D eigenvalue weighted by Gasteiger charge is -2.41. The fourth-order valence-corrected chi connectivity index (χ4v) is 2.42. The van der Waals surface area contributed by atoms with Gasteiger partial charge in [-0.25, -0.2) is 4.79 Å². The third kappa shape index (κ3) is 2.06. The zero-order valence-electron chi connectivity index (χ0n) is 10.0. The summed E-state index contributed by atoms with van der Waals surface area (Å²) in [5.74, 6) is 0.521. The van der Waals surface area contributed by atoms with E-state index in [9.17, 15) is 9.59 Å². The minimum absolute atomic E-state index is 0.0155. The third-order valence-corrected chi connectivity index (χ3v) is 3.50. The Bertz CT molecular complexity index is 297. The monoisotopic (exact) mass is 224 g/mol. The second-order valence-electron chi connectivity index (χ2n) is 5.31. The molecular formula is C12H20N2O2. The third-order valence-electron chi connectivity index (χ3n) is 3.50. The molecule has 0 spiro atoms. The maximum Gasteiger partial charge on any atom is 0.324 e. The van der Waals surface area contributed by atoms with Gasteiger partial charge >= 0.3 is 6.03 Å². The summed E-state index contributed by atoms with van der Waals surface area (Å²) in [6.07, 6.45) is 3.96. The molecule has 4 heteroatoms. The van der Waals surface area contributed by atoms with Gasteiger partial charge in [0.05, 0.1) is 5.92 Å². The number of nitrogens with zero attached hydrogens (tertiary/aromatic N) is 1. The highest BCUT2D eigenvalue weighted by Gasteiger charge is 2.40. The predicted octanol–water partition coefficient (Wildman–Crippen LogP) is 1.75. The smallest absolute Gasteiger partial charge is 0.324 e. The van der Waals surface area contributed by atoms with E-state index in [2.05, 4.69) is 19.2 Å². The van der Waals surface area contributed by atoms with Crippen LogP contribution in [0.5, 0.6) is 0 Å². The van der Waals surface area contributed by atoms with Gasteiger partial charge in [-0.15, -0.1) is 0 Å². The lowest BCUT2D eigenvalue weighted by Crippen LogP contribution is -2.60. The van der Waals surface area contributed by atoms with Gasteiger partial charge in [-0.2, -0.15) is 0 Å². The highest BCUT2D eigenvalue weighted by atomic mass is 16.2. The SMILES string of the molecule is CC(C)CC1CNC(=O)N(C2CCC2)C1=O. The van der Waals surface area contributed by atoms with E-state index in [1.165, 1.54) is 4.90 Å². The Balaban J connectivity index is 2.04. The molecule has 1 atom stereocenters. The normalized spacial score (nSPS) is 26.9. The number of carbonyl (C=O) groups is 2. The van der Waals surface area contributed by atoms with Crippen LogP contribution in [0.2, 0.25) is 0 Å². The first-order valence-corrected chi connectivity index (χ1v) is 6.20. The van der Waals surface area contributed by atoms with Crippen molar-refractivity contribution in [3.63, 3.8) is 0 Å². The van der Waals surface area contributed by atoms with Crippen LogP contribution in [0.25, 0.3) is 0 Å². The van der Waals surface area contributed by atoms with Crippen LogP contribution < -0.4 is 5.32 Å². The number of urea groups is 1. The van der Waals surface area contributed by atoms with E-state index >= 15 is 0 Å². The summed E-state index contributed by atoms with van der Waals surface area (Å²) >= 11 is 0. The van der Waals surface area contributed by atoms with E-state index in [-0.39, 0.29) is 23.9 Å². The molecule has 2 aliphatic rings. The lowest BCUT2D eigenvalue weighted by atomic mass is 9.88. The molecule has 0 aromatic heterocycles. The van der Waals surface area contributed by atoms with Gasteiger partial charge in [-0.3, -0.25) is 9.69 Å². The second kappa shape index (κ2) is 4.44. The van der Waals surface area contributed by atoms with Crippen molar-refractivity contribution < 1.29 is 9.59 Å². The molecule has 1 heterocycles. The molecule has 0 radical (unpaired) electrons. The van der Waals surface area contributed by atoms with Crippen molar-refractivity contribution in [2.75, 3.05) is 6.54 Å². The van der Waals surface area contributed by atoms with E-state index in [1.807, 2.05) is 0 Å². The number of nitrogens with one attached hydrogen (secondary N) is 1. The molecular weight excluding hydrogens is 204 g/mol. The van der Waals surface area contributed by atoms with Crippen molar-refractivity contribution in [3.8, 4) is 0 Å². The van der Waals surface area contributed by atoms with Crippen LogP contribution in [0.15, 0.2) is 0 Å². The summed E-state index contributed by atoms with van der Waals surface area (Å²) in [6, 6.07) is -0.0165. The fraction of sp³-hybridized carbons (Fsp3) is 0.833. The Morgan fingerprint density at radius 1 is 1.38 bits per heavy atom. The Morgan fingerprint density at radius 2 is 2.06 bits per heavy atom. The van der Waals surface area contributed by atoms with Crippen LogP contribution in [0.4, 0.5) is 4.79 Å². The number of carbonyl (C=O) groups excluding carboxylic acids is 2. The summed E-state index contributed by atoms with van der Waals surface area (Å²) in [5, 5.41) is 2.83. The van der Waals surface area contributed by atoms with Crippen LogP contribution in [-0.4, -0.2) is 29.4 Å². The molecule has 1 saturated carbocycles.